The molecule has 1 fully saturated rings. The van der Waals surface area contributed by atoms with Crippen LogP contribution in [0, 0.1) is 17.8 Å². The third-order valence-electron chi connectivity index (χ3n) is 3.22. The fourth-order valence-corrected chi connectivity index (χ4v) is 2.46. The molecule has 1 N–H and O–H groups in total. The van der Waals surface area contributed by atoms with Gasteiger partial charge in [-0.3, -0.25) is 0 Å². The molecule has 1 heteroatoms. The number of hydrogen-bond donors (Lipinski definition) is 1. The summed E-state index contributed by atoms with van der Waals surface area (Å²) in [5.41, 5.74) is 0. The highest BCUT2D eigenvalue weighted by atomic mass is 16.3. The lowest BCUT2D eigenvalue weighted by Gasteiger charge is -1.99. The largest absolute Gasteiger partial charge is 0.396 e. The predicted molar refractivity (Wildman–Crippen MR) is 45.2 cm³/mol. The van der Waals surface area contributed by atoms with E-state index >= 15 is 0 Å². The van der Waals surface area contributed by atoms with E-state index in [1.807, 2.05) is 0 Å². The van der Waals surface area contributed by atoms with Gasteiger partial charge in [0.15, 0.2) is 0 Å². The fourth-order valence-electron chi connectivity index (χ4n) is 2.46. The van der Waals surface area contributed by atoms with Crippen LogP contribution in [-0.4, -0.2) is 11.7 Å². The molecule has 62 valence electrons. The standard InChI is InChI=1S/C10H16O/c11-7-10-8-5-3-1-2-4-6-9(8)10/h1-2,8-11H,3-7H2/b2-1+. The maximum atomic E-state index is 9.00. The van der Waals surface area contributed by atoms with Gasteiger partial charge in [-0.25, -0.2) is 0 Å². The van der Waals surface area contributed by atoms with Crippen LogP contribution in [0.15, 0.2) is 12.2 Å². The van der Waals surface area contributed by atoms with Gasteiger partial charge in [0.2, 0.25) is 0 Å². The molecule has 11 heavy (non-hydrogen) atoms. The van der Waals surface area contributed by atoms with Gasteiger partial charge in [0.25, 0.3) is 0 Å². The number of aliphatic hydroxyl groups excluding tert-OH is 1. The molecule has 0 aromatic rings. The van der Waals surface area contributed by atoms with Crippen molar-refractivity contribution in [3.05, 3.63) is 12.2 Å². The summed E-state index contributed by atoms with van der Waals surface area (Å²) in [6.07, 6.45) is 9.68. The first kappa shape index (κ1) is 7.35. The molecule has 0 aliphatic heterocycles. The summed E-state index contributed by atoms with van der Waals surface area (Å²) < 4.78 is 0. The first-order chi connectivity index (χ1) is 5.43. The zero-order valence-electron chi connectivity index (χ0n) is 6.87. The van der Waals surface area contributed by atoms with E-state index in [9.17, 15) is 0 Å². The van der Waals surface area contributed by atoms with Gasteiger partial charge in [0.1, 0.15) is 0 Å². The first-order valence-electron chi connectivity index (χ1n) is 4.69. The summed E-state index contributed by atoms with van der Waals surface area (Å²) in [7, 11) is 0. The van der Waals surface area contributed by atoms with E-state index in [1.165, 1.54) is 25.7 Å². The lowest BCUT2D eigenvalue weighted by Crippen LogP contribution is -1.88. The van der Waals surface area contributed by atoms with Crippen molar-refractivity contribution in [2.45, 2.75) is 25.7 Å². The Hall–Kier alpha value is -0.300. The van der Waals surface area contributed by atoms with Crippen molar-refractivity contribution in [1.29, 1.82) is 0 Å². The molecule has 0 spiro atoms. The van der Waals surface area contributed by atoms with E-state index in [2.05, 4.69) is 12.2 Å². The average molecular weight is 152 g/mol. The van der Waals surface area contributed by atoms with E-state index in [1.54, 1.807) is 0 Å². The molecule has 0 radical (unpaired) electrons. The normalized spacial score (nSPS) is 45.4. The van der Waals surface area contributed by atoms with Crippen molar-refractivity contribution in [3.8, 4) is 0 Å². The second kappa shape index (κ2) is 2.98. The summed E-state index contributed by atoms with van der Waals surface area (Å²) in [4.78, 5) is 0. The Bertz CT molecular complexity index is 146. The van der Waals surface area contributed by atoms with Gasteiger partial charge < -0.3 is 5.11 Å². The highest BCUT2D eigenvalue weighted by molar-refractivity contribution is 5.00. The van der Waals surface area contributed by atoms with E-state index < -0.39 is 0 Å². The maximum absolute atomic E-state index is 9.00. The van der Waals surface area contributed by atoms with Crippen LogP contribution >= 0.6 is 0 Å². The van der Waals surface area contributed by atoms with Crippen LogP contribution in [0.1, 0.15) is 25.7 Å². The second-order valence-corrected chi connectivity index (χ2v) is 3.80. The Labute approximate surface area is 68.1 Å². The zero-order valence-corrected chi connectivity index (χ0v) is 6.87. The van der Waals surface area contributed by atoms with Crippen molar-refractivity contribution >= 4 is 0 Å². The smallest absolute Gasteiger partial charge is 0.0464 e. The molecule has 2 aliphatic carbocycles. The molecule has 0 amide bonds. The molecular formula is C10H16O. The zero-order chi connectivity index (χ0) is 7.68. The fraction of sp³-hybridized carbons (Fsp3) is 0.800. The molecule has 2 rings (SSSR count). The molecule has 0 aromatic carbocycles. The Kier molecular flexibility index (Phi) is 1.99. The molecule has 1 saturated carbocycles. The van der Waals surface area contributed by atoms with Gasteiger partial charge in [0.05, 0.1) is 0 Å². The van der Waals surface area contributed by atoms with Crippen molar-refractivity contribution in [1.82, 2.24) is 0 Å². The van der Waals surface area contributed by atoms with Gasteiger partial charge in [-0.05, 0) is 43.4 Å². The number of rotatable bonds is 1. The Morgan fingerprint density at radius 2 is 1.64 bits per heavy atom. The van der Waals surface area contributed by atoms with Crippen molar-refractivity contribution in [3.63, 3.8) is 0 Å². The summed E-state index contributed by atoms with van der Waals surface area (Å²) >= 11 is 0. The van der Waals surface area contributed by atoms with Crippen LogP contribution in [0.4, 0.5) is 0 Å². The maximum Gasteiger partial charge on any atom is 0.0464 e. The van der Waals surface area contributed by atoms with Gasteiger partial charge in [-0.15, -0.1) is 0 Å². The highest BCUT2D eigenvalue weighted by Crippen LogP contribution is 2.52. The van der Waals surface area contributed by atoms with E-state index in [-0.39, 0.29) is 0 Å². The second-order valence-electron chi connectivity index (χ2n) is 3.80. The van der Waals surface area contributed by atoms with Crippen LogP contribution in [-0.2, 0) is 0 Å². The van der Waals surface area contributed by atoms with Gasteiger partial charge >= 0.3 is 0 Å². The number of aliphatic hydroxyl groups is 1. The van der Waals surface area contributed by atoms with Gasteiger partial charge in [-0.1, -0.05) is 12.2 Å². The summed E-state index contributed by atoms with van der Waals surface area (Å²) in [5, 5.41) is 9.00. The van der Waals surface area contributed by atoms with Crippen molar-refractivity contribution in [2.75, 3.05) is 6.61 Å². The minimum absolute atomic E-state index is 0.426. The van der Waals surface area contributed by atoms with Crippen LogP contribution in [0.2, 0.25) is 0 Å². The molecule has 0 aromatic heterocycles. The molecule has 1 nitrogen and oxygen atoms in total. The van der Waals surface area contributed by atoms with Crippen molar-refractivity contribution in [2.24, 2.45) is 17.8 Å². The number of fused-ring (bicyclic) bond motifs is 1. The first-order valence-corrected chi connectivity index (χ1v) is 4.69. The summed E-state index contributed by atoms with van der Waals surface area (Å²) in [6, 6.07) is 0. The number of hydrogen-bond acceptors (Lipinski definition) is 1. The molecule has 2 aliphatic rings. The summed E-state index contributed by atoms with van der Waals surface area (Å²) in [6.45, 7) is 0.426. The van der Waals surface area contributed by atoms with Crippen LogP contribution in [0.25, 0.3) is 0 Å². The summed E-state index contributed by atoms with van der Waals surface area (Å²) in [5.74, 6) is 2.39. The molecule has 0 saturated heterocycles. The SMILES string of the molecule is OCC1C2CC/C=C/CCC12. The van der Waals surface area contributed by atoms with Gasteiger partial charge in [0, 0.05) is 6.61 Å². The lowest BCUT2D eigenvalue weighted by molar-refractivity contribution is 0.262. The van der Waals surface area contributed by atoms with E-state index in [0.29, 0.717) is 12.5 Å². The molecule has 2 unspecified atom stereocenters. The monoisotopic (exact) mass is 152 g/mol. The molecule has 0 bridgehead atoms. The molecular weight excluding hydrogens is 136 g/mol. The Morgan fingerprint density at radius 3 is 2.09 bits per heavy atom. The van der Waals surface area contributed by atoms with Crippen LogP contribution in [0.3, 0.4) is 0 Å². The number of allylic oxidation sites excluding steroid dienone is 2. The van der Waals surface area contributed by atoms with Gasteiger partial charge in [-0.2, -0.15) is 0 Å². The molecule has 0 heterocycles. The topological polar surface area (TPSA) is 20.2 Å². The van der Waals surface area contributed by atoms with Crippen LogP contribution < -0.4 is 0 Å². The highest BCUT2D eigenvalue weighted by Gasteiger charge is 2.47. The Balaban J connectivity index is 1.91. The average Bonchev–Trinajstić information content (AvgIpc) is 2.60. The third-order valence-corrected chi connectivity index (χ3v) is 3.22. The lowest BCUT2D eigenvalue weighted by atomic mass is 10.1. The third kappa shape index (κ3) is 1.34. The van der Waals surface area contributed by atoms with E-state index in [0.717, 1.165) is 11.8 Å². The Morgan fingerprint density at radius 1 is 1.09 bits per heavy atom. The minimum Gasteiger partial charge on any atom is -0.396 e. The minimum atomic E-state index is 0.426. The van der Waals surface area contributed by atoms with E-state index in [4.69, 9.17) is 5.11 Å². The quantitative estimate of drug-likeness (QED) is 0.569. The van der Waals surface area contributed by atoms with Crippen molar-refractivity contribution < 1.29 is 5.11 Å². The van der Waals surface area contributed by atoms with Crippen LogP contribution in [0.5, 0.6) is 0 Å². The predicted octanol–water partition coefficient (Wildman–Crippen LogP) is 1.97. The molecule has 2 atom stereocenters.